The molecule has 0 amide bonds. The van der Waals surface area contributed by atoms with Crippen LogP contribution in [0, 0.1) is 0 Å². The normalized spacial score (nSPS) is 43.3. The fraction of sp³-hybridized carbons (Fsp3) is 0.917. The fourth-order valence-corrected chi connectivity index (χ4v) is 3.39. The molecule has 3 atom stereocenters. The molecule has 2 saturated heterocycles. The molecule has 3 aliphatic heterocycles. The first-order valence-corrected chi connectivity index (χ1v) is 6.84. The number of hydrogen-bond donors (Lipinski definition) is 2. The molecule has 18 heavy (non-hydrogen) atoms. The van der Waals surface area contributed by atoms with Crippen LogP contribution in [0.25, 0.3) is 0 Å². The maximum atomic E-state index is 4.68. The average molecular weight is 252 g/mol. The summed E-state index contributed by atoms with van der Waals surface area (Å²) in [5.74, 6) is 0. The number of hydrazine groups is 2. The Hall–Kier alpha value is -0.530. The number of nitrogens with zero attached hydrogens (tertiary/aromatic N) is 4. The molecule has 6 nitrogen and oxygen atoms in total. The summed E-state index contributed by atoms with van der Waals surface area (Å²) in [6, 6.07) is 0.497. The van der Waals surface area contributed by atoms with Crippen LogP contribution in [0.15, 0.2) is 4.99 Å². The molecule has 102 valence electrons. The van der Waals surface area contributed by atoms with Crippen molar-refractivity contribution in [3.63, 3.8) is 0 Å². The summed E-state index contributed by atoms with van der Waals surface area (Å²) in [5.41, 5.74) is 3.65. The van der Waals surface area contributed by atoms with Crippen LogP contribution in [-0.2, 0) is 0 Å². The Labute approximate surface area is 109 Å². The highest BCUT2D eigenvalue weighted by molar-refractivity contribution is 5.58. The van der Waals surface area contributed by atoms with Crippen LogP contribution in [0.3, 0.4) is 0 Å². The maximum absolute atomic E-state index is 4.68. The molecule has 3 heterocycles. The summed E-state index contributed by atoms with van der Waals surface area (Å²) in [6.45, 7) is 5.55. The van der Waals surface area contributed by atoms with Crippen LogP contribution < -0.4 is 10.9 Å². The largest absolute Gasteiger partial charge is 0.315 e. The molecule has 0 radical (unpaired) electrons. The SMILES string of the molecule is CN1CCC=NC1N1NN(C)C2CNCCC21C. The topological polar surface area (TPSA) is 46.1 Å². The summed E-state index contributed by atoms with van der Waals surface area (Å²) in [7, 11) is 4.28. The number of hydrogen-bond acceptors (Lipinski definition) is 6. The highest BCUT2D eigenvalue weighted by Gasteiger charge is 2.52. The molecule has 0 bridgehead atoms. The van der Waals surface area contributed by atoms with Crippen molar-refractivity contribution in [1.29, 1.82) is 0 Å². The summed E-state index contributed by atoms with van der Waals surface area (Å²) >= 11 is 0. The van der Waals surface area contributed by atoms with Gasteiger partial charge in [-0.05, 0) is 33.4 Å². The van der Waals surface area contributed by atoms with Crippen molar-refractivity contribution in [3.05, 3.63) is 0 Å². The van der Waals surface area contributed by atoms with Crippen molar-refractivity contribution in [2.75, 3.05) is 33.7 Å². The molecule has 0 aromatic carbocycles. The smallest absolute Gasteiger partial charge is 0.171 e. The van der Waals surface area contributed by atoms with Crippen LogP contribution in [0.2, 0.25) is 0 Å². The number of rotatable bonds is 1. The van der Waals surface area contributed by atoms with Gasteiger partial charge in [-0.25, -0.2) is 5.01 Å². The molecule has 0 spiro atoms. The van der Waals surface area contributed by atoms with E-state index in [9.17, 15) is 0 Å². The quantitative estimate of drug-likeness (QED) is 0.656. The zero-order chi connectivity index (χ0) is 12.8. The van der Waals surface area contributed by atoms with E-state index in [1.165, 1.54) is 0 Å². The second kappa shape index (κ2) is 4.54. The second-order valence-corrected chi connectivity index (χ2v) is 5.86. The number of piperidine rings is 1. The standard InChI is InChI=1S/C12H24N6/c1-12-5-7-13-9-10(12)17(3)15-18(12)11-14-6-4-8-16(11)2/h6,10-11,13,15H,4-5,7-9H2,1-3H3. The third-order valence-electron chi connectivity index (χ3n) is 4.62. The lowest BCUT2D eigenvalue weighted by Crippen LogP contribution is -2.63. The lowest BCUT2D eigenvalue weighted by Gasteiger charge is -2.45. The van der Waals surface area contributed by atoms with E-state index < -0.39 is 0 Å². The van der Waals surface area contributed by atoms with Crippen LogP contribution >= 0.6 is 0 Å². The molecular formula is C12H24N6. The molecule has 2 N–H and O–H groups in total. The number of fused-ring (bicyclic) bond motifs is 1. The first-order chi connectivity index (χ1) is 8.63. The minimum atomic E-state index is 0.120. The molecule has 0 saturated carbocycles. The van der Waals surface area contributed by atoms with E-state index in [1.807, 2.05) is 0 Å². The molecule has 0 aromatic rings. The maximum Gasteiger partial charge on any atom is 0.171 e. The molecule has 3 aliphatic rings. The van der Waals surface area contributed by atoms with Gasteiger partial charge in [0.25, 0.3) is 0 Å². The van der Waals surface area contributed by atoms with Crippen LogP contribution in [0.5, 0.6) is 0 Å². The monoisotopic (exact) mass is 252 g/mol. The van der Waals surface area contributed by atoms with Crippen molar-refractivity contribution in [2.24, 2.45) is 4.99 Å². The lowest BCUT2D eigenvalue weighted by molar-refractivity contribution is -0.0433. The average Bonchev–Trinajstić information content (AvgIpc) is 2.62. The Morgan fingerprint density at radius 3 is 3.00 bits per heavy atom. The first kappa shape index (κ1) is 12.5. The summed E-state index contributed by atoms with van der Waals surface area (Å²) in [4.78, 5) is 7.00. The van der Waals surface area contributed by atoms with Gasteiger partial charge in [-0.1, -0.05) is 0 Å². The number of likely N-dealkylation sites (N-methyl/N-ethyl adjacent to an activating group) is 1. The number of aliphatic imine (C=N–C) groups is 1. The van der Waals surface area contributed by atoms with E-state index in [0.29, 0.717) is 6.04 Å². The van der Waals surface area contributed by atoms with Gasteiger partial charge in [0.05, 0.1) is 11.6 Å². The minimum Gasteiger partial charge on any atom is -0.315 e. The molecule has 3 unspecified atom stereocenters. The van der Waals surface area contributed by atoms with E-state index in [-0.39, 0.29) is 11.8 Å². The van der Waals surface area contributed by atoms with E-state index >= 15 is 0 Å². The summed E-state index contributed by atoms with van der Waals surface area (Å²) < 4.78 is 0. The predicted octanol–water partition coefficient (Wildman–Crippen LogP) is -0.536. The van der Waals surface area contributed by atoms with Gasteiger partial charge in [0.15, 0.2) is 6.29 Å². The Kier molecular flexibility index (Phi) is 3.15. The Morgan fingerprint density at radius 2 is 2.22 bits per heavy atom. The molecular weight excluding hydrogens is 228 g/mol. The van der Waals surface area contributed by atoms with E-state index in [1.54, 1.807) is 0 Å². The van der Waals surface area contributed by atoms with Gasteiger partial charge in [0, 0.05) is 26.4 Å². The van der Waals surface area contributed by atoms with Crippen LogP contribution in [0.4, 0.5) is 0 Å². The molecule has 3 rings (SSSR count). The summed E-state index contributed by atoms with van der Waals surface area (Å²) in [6.07, 6.45) is 4.38. The van der Waals surface area contributed by atoms with Crippen molar-refractivity contribution in [1.82, 2.24) is 25.8 Å². The van der Waals surface area contributed by atoms with Crippen molar-refractivity contribution >= 4 is 6.21 Å². The van der Waals surface area contributed by atoms with E-state index in [0.717, 1.165) is 32.5 Å². The lowest BCUT2D eigenvalue weighted by atomic mass is 9.85. The first-order valence-electron chi connectivity index (χ1n) is 6.84. The Morgan fingerprint density at radius 1 is 1.39 bits per heavy atom. The minimum absolute atomic E-state index is 0.120. The fourth-order valence-electron chi connectivity index (χ4n) is 3.39. The zero-order valence-electron chi connectivity index (χ0n) is 11.6. The second-order valence-electron chi connectivity index (χ2n) is 5.86. The predicted molar refractivity (Wildman–Crippen MR) is 71.9 cm³/mol. The van der Waals surface area contributed by atoms with Crippen LogP contribution in [0.1, 0.15) is 19.8 Å². The van der Waals surface area contributed by atoms with Crippen molar-refractivity contribution in [2.45, 2.75) is 37.6 Å². The van der Waals surface area contributed by atoms with E-state index in [2.05, 4.69) is 58.0 Å². The Balaban J connectivity index is 1.87. The van der Waals surface area contributed by atoms with Gasteiger partial charge in [0.2, 0.25) is 0 Å². The van der Waals surface area contributed by atoms with Gasteiger partial charge in [0.1, 0.15) is 0 Å². The van der Waals surface area contributed by atoms with Gasteiger partial charge in [-0.2, -0.15) is 10.5 Å². The third kappa shape index (κ3) is 1.80. The summed E-state index contributed by atoms with van der Waals surface area (Å²) in [5, 5.41) is 8.05. The molecule has 6 heteroatoms. The zero-order valence-corrected chi connectivity index (χ0v) is 11.6. The number of nitrogens with one attached hydrogen (secondary N) is 2. The highest BCUT2D eigenvalue weighted by atomic mass is 15.9. The van der Waals surface area contributed by atoms with E-state index in [4.69, 9.17) is 0 Å². The molecule has 0 aromatic heterocycles. The van der Waals surface area contributed by atoms with Gasteiger partial charge in [-0.3, -0.25) is 9.89 Å². The van der Waals surface area contributed by atoms with Crippen molar-refractivity contribution in [3.8, 4) is 0 Å². The van der Waals surface area contributed by atoms with Gasteiger partial charge >= 0.3 is 0 Å². The highest BCUT2D eigenvalue weighted by Crippen LogP contribution is 2.34. The third-order valence-corrected chi connectivity index (χ3v) is 4.62. The molecule has 2 fully saturated rings. The molecule has 0 aliphatic carbocycles. The van der Waals surface area contributed by atoms with Gasteiger partial charge < -0.3 is 5.32 Å². The Bertz CT molecular complexity index is 345. The van der Waals surface area contributed by atoms with Gasteiger partial charge in [-0.15, -0.1) is 0 Å². The van der Waals surface area contributed by atoms with Crippen molar-refractivity contribution < 1.29 is 0 Å². The van der Waals surface area contributed by atoms with Crippen LogP contribution in [-0.4, -0.2) is 72.7 Å².